The fourth-order valence-electron chi connectivity index (χ4n) is 4.18. The van der Waals surface area contributed by atoms with Crippen LogP contribution in [-0.4, -0.2) is 23.9 Å². The molecule has 3 heteroatoms. The molecule has 2 atom stereocenters. The van der Waals surface area contributed by atoms with Crippen molar-refractivity contribution in [1.29, 1.82) is 0 Å². The molecule has 1 N–H and O–H groups in total. The van der Waals surface area contributed by atoms with E-state index in [2.05, 4.69) is 43.0 Å². The van der Waals surface area contributed by atoms with Gasteiger partial charge in [0.05, 0.1) is 13.2 Å². The lowest BCUT2D eigenvalue weighted by molar-refractivity contribution is -0.0878. The Labute approximate surface area is 201 Å². The van der Waals surface area contributed by atoms with E-state index < -0.39 is 17.8 Å². The third-order valence-corrected chi connectivity index (χ3v) is 5.91. The van der Waals surface area contributed by atoms with Crippen molar-refractivity contribution in [3.05, 3.63) is 156 Å². The van der Waals surface area contributed by atoms with Gasteiger partial charge in [-0.15, -0.1) is 6.58 Å². The molecular weight excluding hydrogens is 420 g/mol. The minimum absolute atomic E-state index is 0.0597. The van der Waals surface area contributed by atoms with Crippen LogP contribution >= 0.6 is 0 Å². The molecule has 172 valence electrons. The molecule has 0 heterocycles. The topological polar surface area (TPSA) is 38.7 Å². The van der Waals surface area contributed by atoms with E-state index in [1.165, 1.54) is 0 Å². The Kier molecular flexibility index (Phi) is 8.05. The summed E-state index contributed by atoms with van der Waals surface area (Å²) in [4.78, 5) is 0. The highest BCUT2D eigenvalue weighted by Crippen LogP contribution is 2.40. The fraction of sp³-hybridized carbons (Fsp3) is 0.161. The summed E-state index contributed by atoms with van der Waals surface area (Å²) in [6.45, 7) is 4.32. The second kappa shape index (κ2) is 11.6. The summed E-state index contributed by atoms with van der Waals surface area (Å²) in [6, 6.07) is 40.2. The van der Waals surface area contributed by atoms with Gasteiger partial charge in [-0.05, 0) is 22.3 Å². The summed E-state index contributed by atoms with van der Waals surface area (Å²) in [5, 5.41) is 11.1. The molecule has 0 bridgehead atoms. The molecule has 0 spiro atoms. The molecule has 0 aliphatic carbocycles. The predicted octanol–water partition coefficient (Wildman–Crippen LogP) is 6.13. The second-order valence-corrected chi connectivity index (χ2v) is 8.15. The Balaban J connectivity index is 1.64. The summed E-state index contributed by atoms with van der Waals surface area (Å²) in [6.07, 6.45) is 0.170. The van der Waals surface area contributed by atoms with Gasteiger partial charge >= 0.3 is 0 Å². The molecule has 0 aliphatic heterocycles. The molecule has 0 aliphatic rings. The van der Waals surface area contributed by atoms with Crippen LogP contribution in [0.2, 0.25) is 0 Å². The lowest BCUT2D eigenvalue weighted by Crippen LogP contribution is -2.39. The van der Waals surface area contributed by atoms with Crippen LogP contribution in [0.3, 0.4) is 0 Å². The van der Waals surface area contributed by atoms with E-state index >= 15 is 0 Å². The maximum absolute atomic E-state index is 11.1. The Hall–Kier alpha value is -3.50. The summed E-state index contributed by atoms with van der Waals surface area (Å²) < 4.78 is 12.7. The highest BCUT2D eigenvalue weighted by Gasteiger charge is 2.38. The zero-order chi connectivity index (χ0) is 23.6. The maximum Gasteiger partial charge on any atom is 0.143 e. The number of hydrogen-bond donors (Lipinski definition) is 1. The second-order valence-electron chi connectivity index (χ2n) is 8.15. The molecule has 0 aromatic heterocycles. The molecular formula is C31H30O3. The van der Waals surface area contributed by atoms with Gasteiger partial charge in [0.1, 0.15) is 17.8 Å². The molecule has 3 nitrogen and oxygen atoms in total. The van der Waals surface area contributed by atoms with Gasteiger partial charge in [-0.25, -0.2) is 0 Å². The van der Waals surface area contributed by atoms with Gasteiger partial charge in [0.2, 0.25) is 0 Å². The molecule has 34 heavy (non-hydrogen) atoms. The Morgan fingerprint density at radius 1 is 0.676 bits per heavy atom. The standard InChI is InChI=1S/C31H30O3/c1-2-30(33-23-25-15-7-3-8-16-25)29(32)24-34-31(26-17-9-4-10-18-26,27-19-11-5-12-20-27)28-21-13-6-14-22-28/h2-22,29-30,32H,1,23-24H2/t29-,30+/m1/s1. The molecule has 0 fully saturated rings. The lowest BCUT2D eigenvalue weighted by Gasteiger charge is -2.37. The van der Waals surface area contributed by atoms with Crippen LogP contribution in [0.25, 0.3) is 0 Å². The van der Waals surface area contributed by atoms with E-state index in [1.807, 2.05) is 84.9 Å². The van der Waals surface area contributed by atoms with Gasteiger partial charge in [0.15, 0.2) is 0 Å². The molecule has 4 rings (SSSR count). The van der Waals surface area contributed by atoms with Gasteiger partial charge in [0.25, 0.3) is 0 Å². The highest BCUT2D eigenvalue weighted by molar-refractivity contribution is 5.47. The number of hydrogen-bond acceptors (Lipinski definition) is 3. The number of rotatable bonds is 11. The van der Waals surface area contributed by atoms with Gasteiger partial charge in [0, 0.05) is 0 Å². The maximum atomic E-state index is 11.1. The molecule has 0 unspecified atom stereocenters. The zero-order valence-corrected chi connectivity index (χ0v) is 19.2. The first-order chi connectivity index (χ1) is 16.7. The van der Waals surface area contributed by atoms with Crippen LogP contribution < -0.4 is 0 Å². The molecule has 4 aromatic rings. The van der Waals surface area contributed by atoms with E-state index in [0.29, 0.717) is 6.61 Å². The minimum atomic E-state index is -0.893. The summed E-state index contributed by atoms with van der Waals surface area (Å²) in [5.41, 5.74) is 3.10. The van der Waals surface area contributed by atoms with Crippen molar-refractivity contribution in [2.45, 2.75) is 24.4 Å². The number of ether oxygens (including phenoxy) is 2. The monoisotopic (exact) mass is 450 g/mol. The first-order valence-electron chi connectivity index (χ1n) is 11.5. The summed E-state index contributed by atoms with van der Waals surface area (Å²) >= 11 is 0. The van der Waals surface area contributed by atoms with Crippen molar-refractivity contribution >= 4 is 0 Å². The Morgan fingerprint density at radius 3 is 1.50 bits per heavy atom. The van der Waals surface area contributed by atoms with Crippen molar-refractivity contribution in [3.63, 3.8) is 0 Å². The van der Waals surface area contributed by atoms with E-state index in [4.69, 9.17) is 9.47 Å². The van der Waals surface area contributed by atoms with Crippen LogP contribution in [0.15, 0.2) is 134 Å². The van der Waals surface area contributed by atoms with Gasteiger partial charge in [-0.1, -0.05) is 127 Å². The third-order valence-electron chi connectivity index (χ3n) is 5.91. The van der Waals surface area contributed by atoms with Crippen LogP contribution in [-0.2, 0) is 21.7 Å². The van der Waals surface area contributed by atoms with Crippen LogP contribution in [0.5, 0.6) is 0 Å². The predicted molar refractivity (Wildman–Crippen MR) is 136 cm³/mol. The molecule has 0 radical (unpaired) electrons. The average Bonchev–Trinajstić information content (AvgIpc) is 2.92. The molecule has 0 saturated heterocycles. The van der Waals surface area contributed by atoms with Crippen LogP contribution in [0, 0.1) is 0 Å². The largest absolute Gasteiger partial charge is 0.388 e. The molecule has 4 aromatic carbocycles. The normalized spacial score (nSPS) is 13.2. The van der Waals surface area contributed by atoms with E-state index in [9.17, 15) is 5.11 Å². The third kappa shape index (κ3) is 5.35. The highest BCUT2D eigenvalue weighted by atomic mass is 16.5. The smallest absolute Gasteiger partial charge is 0.143 e. The summed E-state index contributed by atoms with van der Waals surface area (Å²) in [5.74, 6) is 0. The first-order valence-corrected chi connectivity index (χ1v) is 11.5. The number of aliphatic hydroxyl groups is 1. The first kappa shape index (κ1) is 23.7. The van der Waals surface area contributed by atoms with E-state index in [1.54, 1.807) is 6.08 Å². The van der Waals surface area contributed by atoms with E-state index in [-0.39, 0.29) is 6.61 Å². The van der Waals surface area contributed by atoms with Crippen molar-refractivity contribution in [2.75, 3.05) is 6.61 Å². The van der Waals surface area contributed by atoms with Crippen LogP contribution in [0.4, 0.5) is 0 Å². The number of benzene rings is 4. The molecule has 0 amide bonds. The summed E-state index contributed by atoms with van der Waals surface area (Å²) in [7, 11) is 0. The molecule has 0 saturated carbocycles. The Morgan fingerprint density at radius 2 is 1.09 bits per heavy atom. The van der Waals surface area contributed by atoms with Crippen molar-refractivity contribution in [1.82, 2.24) is 0 Å². The quantitative estimate of drug-likeness (QED) is 0.221. The van der Waals surface area contributed by atoms with E-state index in [0.717, 1.165) is 22.3 Å². The SMILES string of the molecule is C=C[C@H](OCc1ccccc1)[C@H](O)COC(c1ccccc1)(c1ccccc1)c1ccccc1. The van der Waals surface area contributed by atoms with Gasteiger partial charge in [-0.2, -0.15) is 0 Å². The van der Waals surface area contributed by atoms with Gasteiger partial charge in [-0.3, -0.25) is 0 Å². The Bertz CT molecular complexity index is 1030. The minimum Gasteiger partial charge on any atom is -0.388 e. The lowest BCUT2D eigenvalue weighted by atomic mass is 9.80. The zero-order valence-electron chi connectivity index (χ0n) is 19.2. The average molecular weight is 451 g/mol. The van der Waals surface area contributed by atoms with Gasteiger partial charge < -0.3 is 14.6 Å². The van der Waals surface area contributed by atoms with Crippen molar-refractivity contribution in [3.8, 4) is 0 Å². The fourth-order valence-corrected chi connectivity index (χ4v) is 4.18. The van der Waals surface area contributed by atoms with Crippen molar-refractivity contribution < 1.29 is 14.6 Å². The van der Waals surface area contributed by atoms with Crippen LogP contribution in [0.1, 0.15) is 22.3 Å². The number of aliphatic hydroxyl groups excluding tert-OH is 1. The van der Waals surface area contributed by atoms with Crippen molar-refractivity contribution in [2.24, 2.45) is 0 Å².